The van der Waals surface area contributed by atoms with Gasteiger partial charge in [-0.15, -0.1) is 0 Å². The Morgan fingerprint density at radius 2 is 2.14 bits per heavy atom. The van der Waals surface area contributed by atoms with Crippen molar-refractivity contribution in [1.29, 1.82) is 0 Å². The molecule has 1 aromatic carbocycles. The fourth-order valence-electron chi connectivity index (χ4n) is 2.16. The van der Waals surface area contributed by atoms with Crippen molar-refractivity contribution in [2.24, 2.45) is 5.92 Å². The van der Waals surface area contributed by atoms with E-state index in [2.05, 4.69) is 5.32 Å². The Kier molecular flexibility index (Phi) is 6.10. The maximum atomic E-state index is 13.5. The van der Waals surface area contributed by atoms with Crippen LogP contribution in [0.5, 0.6) is 0 Å². The smallest absolute Gasteiger partial charge is 0.222 e. The molecular weight excluding hydrogens is 301 g/mol. The Hall–Kier alpha value is -1.72. The minimum atomic E-state index is -0.686. The molecular formula is C17H20FNO2S. The molecule has 2 N–H and O–H groups in total. The summed E-state index contributed by atoms with van der Waals surface area (Å²) in [5.41, 5.74) is 1.43. The topological polar surface area (TPSA) is 49.3 Å². The van der Waals surface area contributed by atoms with Crippen LogP contribution in [-0.4, -0.2) is 17.6 Å². The summed E-state index contributed by atoms with van der Waals surface area (Å²) >= 11 is 1.51. The molecule has 0 fully saturated rings. The van der Waals surface area contributed by atoms with Crippen molar-refractivity contribution >= 4 is 17.2 Å². The van der Waals surface area contributed by atoms with Gasteiger partial charge in [0.1, 0.15) is 5.82 Å². The van der Waals surface area contributed by atoms with Crippen LogP contribution in [0.3, 0.4) is 0 Å². The summed E-state index contributed by atoms with van der Waals surface area (Å²) in [7, 11) is 0. The van der Waals surface area contributed by atoms with E-state index in [-0.39, 0.29) is 24.2 Å². The number of benzene rings is 1. The van der Waals surface area contributed by atoms with Crippen LogP contribution in [-0.2, 0) is 11.2 Å². The Bertz CT molecular complexity index is 600. The largest absolute Gasteiger partial charge is 0.387 e. The second-order valence-electron chi connectivity index (χ2n) is 5.35. The molecule has 0 bridgehead atoms. The Balaban J connectivity index is 1.76. The summed E-state index contributed by atoms with van der Waals surface area (Å²) in [5, 5.41) is 16.4. The van der Waals surface area contributed by atoms with Gasteiger partial charge >= 0.3 is 0 Å². The van der Waals surface area contributed by atoms with E-state index >= 15 is 0 Å². The zero-order valence-corrected chi connectivity index (χ0v) is 13.3. The molecule has 0 radical (unpaired) electrons. The Morgan fingerprint density at radius 1 is 1.36 bits per heavy atom. The molecule has 2 atom stereocenters. The summed E-state index contributed by atoms with van der Waals surface area (Å²) in [6, 6.07) is 8.45. The highest BCUT2D eigenvalue weighted by Crippen LogP contribution is 2.16. The van der Waals surface area contributed by atoms with Gasteiger partial charge in [-0.05, 0) is 46.9 Å². The summed E-state index contributed by atoms with van der Waals surface area (Å²) in [6.45, 7) is 2.01. The van der Waals surface area contributed by atoms with E-state index in [4.69, 9.17) is 0 Å². The standard InChI is InChI=1S/C17H20FNO2S/c1-12(6-7-13-4-2-3-5-15(13)18)17(21)19-10-16(20)14-8-9-22-11-14/h2-5,8-9,11-12,16,20H,6-7,10H2,1H3,(H,19,21). The number of nitrogens with one attached hydrogen (secondary N) is 1. The molecule has 2 aromatic rings. The van der Waals surface area contributed by atoms with Gasteiger partial charge in [0.15, 0.2) is 0 Å². The summed E-state index contributed by atoms with van der Waals surface area (Å²) < 4.78 is 13.5. The molecule has 3 nitrogen and oxygen atoms in total. The van der Waals surface area contributed by atoms with E-state index in [1.54, 1.807) is 18.2 Å². The van der Waals surface area contributed by atoms with Crippen LogP contribution in [0.2, 0.25) is 0 Å². The predicted molar refractivity (Wildman–Crippen MR) is 86.2 cm³/mol. The number of carbonyl (C=O) groups is 1. The number of thiophene rings is 1. The number of hydrogen-bond acceptors (Lipinski definition) is 3. The first-order chi connectivity index (χ1) is 10.6. The molecule has 5 heteroatoms. The normalized spacial score (nSPS) is 13.6. The summed E-state index contributed by atoms with van der Waals surface area (Å²) in [5.74, 6) is -0.581. The fraction of sp³-hybridized carbons (Fsp3) is 0.353. The zero-order chi connectivity index (χ0) is 15.9. The number of aliphatic hydroxyl groups is 1. The summed E-state index contributed by atoms with van der Waals surface area (Å²) in [4.78, 5) is 12.0. The molecule has 2 unspecified atom stereocenters. The van der Waals surface area contributed by atoms with Crippen LogP contribution < -0.4 is 5.32 Å². The average molecular weight is 321 g/mol. The number of amides is 1. The minimum absolute atomic E-state index is 0.120. The van der Waals surface area contributed by atoms with Crippen LogP contribution >= 0.6 is 11.3 Å². The van der Waals surface area contributed by atoms with Gasteiger partial charge in [-0.25, -0.2) is 4.39 Å². The Labute approximate surface area is 133 Å². The highest BCUT2D eigenvalue weighted by molar-refractivity contribution is 7.07. The quantitative estimate of drug-likeness (QED) is 0.822. The highest BCUT2D eigenvalue weighted by Gasteiger charge is 2.16. The monoisotopic (exact) mass is 321 g/mol. The van der Waals surface area contributed by atoms with Crippen molar-refractivity contribution in [3.63, 3.8) is 0 Å². The molecule has 2 rings (SSSR count). The van der Waals surface area contributed by atoms with Gasteiger partial charge in [0.05, 0.1) is 6.10 Å². The maximum Gasteiger partial charge on any atom is 0.222 e. The number of hydrogen-bond donors (Lipinski definition) is 2. The Morgan fingerprint density at radius 3 is 2.82 bits per heavy atom. The van der Waals surface area contributed by atoms with Gasteiger partial charge in [-0.2, -0.15) is 11.3 Å². The minimum Gasteiger partial charge on any atom is -0.387 e. The van der Waals surface area contributed by atoms with Gasteiger partial charge in [-0.3, -0.25) is 4.79 Å². The lowest BCUT2D eigenvalue weighted by Crippen LogP contribution is -2.32. The van der Waals surface area contributed by atoms with Crippen molar-refractivity contribution < 1.29 is 14.3 Å². The second-order valence-corrected chi connectivity index (χ2v) is 6.13. The first-order valence-corrected chi connectivity index (χ1v) is 8.23. The molecule has 1 heterocycles. The SMILES string of the molecule is CC(CCc1ccccc1F)C(=O)NCC(O)c1ccsc1. The average Bonchev–Trinajstić information content (AvgIpc) is 3.05. The molecule has 0 saturated carbocycles. The van der Waals surface area contributed by atoms with Crippen molar-refractivity contribution in [1.82, 2.24) is 5.32 Å². The third-order valence-corrected chi connectivity index (χ3v) is 4.35. The lowest BCUT2D eigenvalue weighted by molar-refractivity contribution is -0.125. The summed E-state index contributed by atoms with van der Waals surface area (Å²) in [6.07, 6.45) is 0.407. The van der Waals surface area contributed by atoms with Crippen molar-refractivity contribution in [3.05, 3.63) is 58.0 Å². The van der Waals surface area contributed by atoms with E-state index < -0.39 is 6.10 Å². The van der Waals surface area contributed by atoms with Gasteiger partial charge in [0.2, 0.25) is 5.91 Å². The highest BCUT2D eigenvalue weighted by atomic mass is 32.1. The molecule has 22 heavy (non-hydrogen) atoms. The molecule has 118 valence electrons. The third kappa shape index (κ3) is 4.64. The first-order valence-electron chi connectivity index (χ1n) is 7.29. The van der Waals surface area contributed by atoms with Crippen LogP contribution in [0.25, 0.3) is 0 Å². The van der Waals surface area contributed by atoms with E-state index in [0.29, 0.717) is 18.4 Å². The van der Waals surface area contributed by atoms with Gasteiger partial charge < -0.3 is 10.4 Å². The maximum absolute atomic E-state index is 13.5. The lowest BCUT2D eigenvalue weighted by atomic mass is 10.00. The zero-order valence-electron chi connectivity index (χ0n) is 12.5. The number of carbonyl (C=O) groups excluding carboxylic acids is 1. The number of halogens is 1. The van der Waals surface area contributed by atoms with Crippen LogP contribution in [0.1, 0.15) is 30.6 Å². The van der Waals surface area contributed by atoms with Gasteiger partial charge in [-0.1, -0.05) is 25.1 Å². The third-order valence-electron chi connectivity index (χ3n) is 3.65. The molecule has 0 saturated heterocycles. The number of aryl methyl sites for hydroxylation is 1. The van der Waals surface area contributed by atoms with Crippen molar-refractivity contribution in [2.75, 3.05) is 6.54 Å². The van der Waals surface area contributed by atoms with E-state index in [1.165, 1.54) is 17.4 Å². The van der Waals surface area contributed by atoms with E-state index in [9.17, 15) is 14.3 Å². The van der Waals surface area contributed by atoms with Crippen molar-refractivity contribution in [2.45, 2.75) is 25.9 Å². The first kappa shape index (κ1) is 16.6. The van der Waals surface area contributed by atoms with Crippen molar-refractivity contribution in [3.8, 4) is 0 Å². The van der Waals surface area contributed by atoms with Gasteiger partial charge in [0, 0.05) is 12.5 Å². The molecule has 0 spiro atoms. The molecule has 1 amide bonds. The second kappa shape index (κ2) is 8.06. The number of rotatable bonds is 7. The molecule has 1 aromatic heterocycles. The fourth-order valence-corrected chi connectivity index (χ4v) is 2.87. The predicted octanol–water partition coefficient (Wildman–Crippen LogP) is 3.31. The molecule has 0 aliphatic rings. The van der Waals surface area contributed by atoms with Gasteiger partial charge in [0.25, 0.3) is 0 Å². The van der Waals surface area contributed by atoms with E-state index in [1.807, 2.05) is 23.8 Å². The lowest BCUT2D eigenvalue weighted by Gasteiger charge is -2.15. The molecule has 0 aliphatic carbocycles. The van der Waals surface area contributed by atoms with Crippen LogP contribution in [0.4, 0.5) is 4.39 Å². The molecule has 0 aliphatic heterocycles. The number of aliphatic hydroxyl groups excluding tert-OH is 1. The van der Waals surface area contributed by atoms with Crippen LogP contribution in [0.15, 0.2) is 41.1 Å². The van der Waals surface area contributed by atoms with Crippen LogP contribution in [0, 0.1) is 11.7 Å². The van der Waals surface area contributed by atoms with E-state index in [0.717, 1.165) is 5.56 Å².